The maximum absolute atomic E-state index is 14.1. The third kappa shape index (κ3) is 8.96. The molecule has 0 saturated carbocycles. The molecule has 0 aliphatic carbocycles. The van der Waals surface area contributed by atoms with E-state index in [-0.39, 0.29) is 11.8 Å². The number of hydrogen-bond donors (Lipinski definition) is 0. The third-order valence-corrected chi connectivity index (χ3v) is 7.71. The summed E-state index contributed by atoms with van der Waals surface area (Å²) in [6.07, 6.45) is -0.252. The fourth-order valence-corrected chi connectivity index (χ4v) is 5.09. The number of carbonyl (C=O) groups excluding carboxylic acids is 2. The predicted molar refractivity (Wildman–Crippen MR) is 175 cm³/mol. The maximum atomic E-state index is 14.1. The molecule has 4 rings (SSSR count). The van der Waals surface area contributed by atoms with Crippen LogP contribution in [0.1, 0.15) is 48.9 Å². The molecule has 2 amide bonds. The van der Waals surface area contributed by atoms with E-state index in [1.807, 2.05) is 147 Å². The molecular formula is C38H44N2O4. The second-order valence-electron chi connectivity index (χ2n) is 11.1. The molecule has 0 aromatic heterocycles. The molecule has 4 aromatic carbocycles. The molecule has 44 heavy (non-hydrogen) atoms. The summed E-state index contributed by atoms with van der Waals surface area (Å²) in [5.74, 6) is 1.20. The van der Waals surface area contributed by atoms with Gasteiger partial charge in [-0.2, -0.15) is 0 Å². The van der Waals surface area contributed by atoms with Crippen molar-refractivity contribution in [2.45, 2.75) is 65.8 Å². The summed E-state index contributed by atoms with van der Waals surface area (Å²) in [6.45, 7) is 9.40. The minimum atomic E-state index is -0.647. The van der Waals surface area contributed by atoms with E-state index >= 15 is 0 Å². The minimum Gasteiger partial charge on any atom is -0.480 e. The molecule has 2 unspecified atom stereocenters. The molecule has 0 radical (unpaired) electrons. The summed E-state index contributed by atoms with van der Waals surface area (Å²) in [4.78, 5) is 31.8. The molecule has 2 atom stereocenters. The summed E-state index contributed by atoms with van der Waals surface area (Å²) in [7, 11) is 0. The molecule has 6 nitrogen and oxygen atoms in total. The van der Waals surface area contributed by atoms with Crippen LogP contribution >= 0.6 is 0 Å². The summed E-state index contributed by atoms with van der Waals surface area (Å²) in [5, 5.41) is 0. The van der Waals surface area contributed by atoms with Crippen molar-refractivity contribution in [2.75, 3.05) is 13.1 Å². The van der Waals surface area contributed by atoms with Gasteiger partial charge in [-0.25, -0.2) is 0 Å². The van der Waals surface area contributed by atoms with Gasteiger partial charge in [0.25, 0.3) is 11.8 Å². The number of nitrogens with zero attached hydrogens (tertiary/aromatic N) is 2. The number of amides is 2. The van der Waals surface area contributed by atoms with E-state index in [2.05, 4.69) is 0 Å². The van der Waals surface area contributed by atoms with E-state index in [9.17, 15) is 9.59 Å². The minimum absolute atomic E-state index is 0.102. The highest BCUT2D eigenvalue weighted by Crippen LogP contribution is 2.22. The third-order valence-electron chi connectivity index (χ3n) is 7.71. The highest BCUT2D eigenvalue weighted by Gasteiger charge is 2.29. The van der Waals surface area contributed by atoms with Crippen molar-refractivity contribution in [3.63, 3.8) is 0 Å². The van der Waals surface area contributed by atoms with E-state index in [4.69, 9.17) is 9.47 Å². The molecule has 0 aliphatic rings. The molecule has 230 valence electrons. The zero-order chi connectivity index (χ0) is 31.3. The zero-order valence-corrected chi connectivity index (χ0v) is 26.3. The zero-order valence-electron chi connectivity index (χ0n) is 26.3. The SMILES string of the molecule is CCC(Oc1ccccc1C)C(=O)N(CCN(Cc1ccccc1)C(=O)C(CC)Oc1ccccc1C)Cc1ccccc1. The summed E-state index contributed by atoms with van der Waals surface area (Å²) in [5.41, 5.74) is 3.99. The van der Waals surface area contributed by atoms with Gasteiger partial charge in [-0.3, -0.25) is 9.59 Å². The van der Waals surface area contributed by atoms with Gasteiger partial charge < -0.3 is 19.3 Å². The van der Waals surface area contributed by atoms with Crippen molar-refractivity contribution in [3.8, 4) is 11.5 Å². The van der Waals surface area contributed by atoms with Crippen LogP contribution in [-0.2, 0) is 22.7 Å². The summed E-state index contributed by atoms with van der Waals surface area (Å²) in [6, 6.07) is 35.3. The molecule has 0 fully saturated rings. The van der Waals surface area contributed by atoms with Gasteiger partial charge >= 0.3 is 0 Å². The van der Waals surface area contributed by atoms with E-state index in [0.717, 1.165) is 22.3 Å². The molecular weight excluding hydrogens is 548 g/mol. The van der Waals surface area contributed by atoms with Gasteiger partial charge in [-0.15, -0.1) is 0 Å². The Morgan fingerprint density at radius 3 is 1.23 bits per heavy atom. The number of aryl methyl sites for hydroxylation is 2. The highest BCUT2D eigenvalue weighted by atomic mass is 16.5. The smallest absolute Gasteiger partial charge is 0.263 e. The molecule has 0 spiro atoms. The van der Waals surface area contributed by atoms with Crippen LogP contribution in [0, 0.1) is 13.8 Å². The number of ether oxygens (including phenoxy) is 2. The number of rotatable bonds is 15. The van der Waals surface area contributed by atoms with Crippen LogP contribution in [0.4, 0.5) is 0 Å². The molecule has 4 aromatic rings. The van der Waals surface area contributed by atoms with Crippen molar-refractivity contribution in [1.82, 2.24) is 9.80 Å². The van der Waals surface area contributed by atoms with E-state index in [1.165, 1.54) is 0 Å². The Kier molecular flexibility index (Phi) is 12.0. The van der Waals surface area contributed by atoms with Crippen LogP contribution in [0.5, 0.6) is 11.5 Å². The number of benzene rings is 4. The van der Waals surface area contributed by atoms with Crippen LogP contribution in [-0.4, -0.2) is 46.9 Å². The van der Waals surface area contributed by atoms with E-state index < -0.39 is 12.2 Å². The van der Waals surface area contributed by atoms with Crippen molar-refractivity contribution in [2.24, 2.45) is 0 Å². The van der Waals surface area contributed by atoms with Crippen molar-refractivity contribution in [3.05, 3.63) is 131 Å². The normalized spacial score (nSPS) is 12.2. The topological polar surface area (TPSA) is 59.1 Å². The van der Waals surface area contributed by atoms with Gasteiger partial charge in [-0.05, 0) is 61.1 Å². The van der Waals surface area contributed by atoms with Gasteiger partial charge in [0.2, 0.25) is 0 Å². The number of hydrogen-bond acceptors (Lipinski definition) is 4. The van der Waals surface area contributed by atoms with Gasteiger partial charge in [-0.1, -0.05) is 111 Å². The predicted octanol–water partition coefficient (Wildman–Crippen LogP) is 7.38. The lowest BCUT2D eigenvalue weighted by Crippen LogP contribution is -2.48. The van der Waals surface area contributed by atoms with Crippen LogP contribution in [0.2, 0.25) is 0 Å². The summed E-state index contributed by atoms with van der Waals surface area (Å²) < 4.78 is 12.5. The molecule has 0 heterocycles. The van der Waals surface area contributed by atoms with Crippen LogP contribution in [0.3, 0.4) is 0 Å². The Hall–Kier alpha value is -4.58. The first-order valence-electron chi connectivity index (χ1n) is 15.5. The number of para-hydroxylation sites is 2. The standard InChI is InChI=1S/C38H44N2O4/c1-5-33(43-35-23-15-13-17-29(35)3)37(41)39(27-31-19-9-7-10-20-31)25-26-40(28-32-21-11-8-12-22-32)38(42)34(6-2)44-36-24-16-14-18-30(36)4/h7-24,33-34H,5-6,25-28H2,1-4H3. The van der Waals surface area contributed by atoms with Crippen LogP contribution in [0.25, 0.3) is 0 Å². The first-order valence-corrected chi connectivity index (χ1v) is 15.5. The second kappa shape index (κ2) is 16.3. The fourth-order valence-electron chi connectivity index (χ4n) is 5.09. The average molecular weight is 593 g/mol. The Bertz CT molecular complexity index is 1360. The molecule has 0 saturated heterocycles. The molecule has 0 bridgehead atoms. The number of carbonyl (C=O) groups is 2. The lowest BCUT2D eigenvalue weighted by Gasteiger charge is -2.32. The lowest BCUT2D eigenvalue weighted by molar-refractivity contribution is -0.143. The fraction of sp³-hybridized carbons (Fsp3) is 0.316. The monoisotopic (exact) mass is 592 g/mol. The van der Waals surface area contributed by atoms with Gasteiger partial charge in [0, 0.05) is 26.2 Å². The molecule has 0 N–H and O–H groups in total. The van der Waals surface area contributed by atoms with Gasteiger partial charge in [0.1, 0.15) is 11.5 Å². The Labute approximate surface area is 262 Å². The Balaban J connectivity index is 1.58. The van der Waals surface area contributed by atoms with Gasteiger partial charge in [0.05, 0.1) is 0 Å². The second-order valence-corrected chi connectivity index (χ2v) is 11.1. The Morgan fingerprint density at radius 2 is 0.886 bits per heavy atom. The highest BCUT2D eigenvalue weighted by molar-refractivity contribution is 5.82. The summed E-state index contributed by atoms with van der Waals surface area (Å²) >= 11 is 0. The van der Waals surface area contributed by atoms with E-state index in [0.29, 0.717) is 50.5 Å². The first kappa shape index (κ1) is 32.3. The maximum Gasteiger partial charge on any atom is 0.263 e. The largest absolute Gasteiger partial charge is 0.480 e. The van der Waals surface area contributed by atoms with Crippen LogP contribution < -0.4 is 9.47 Å². The Morgan fingerprint density at radius 1 is 0.545 bits per heavy atom. The van der Waals surface area contributed by atoms with Crippen molar-refractivity contribution < 1.29 is 19.1 Å². The van der Waals surface area contributed by atoms with Crippen molar-refractivity contribution >= 4 is 11.8 Å². The quantitative estimate of drug-likeness (QED) is 0.145. The van der Waals surface area contributed by atoms with Crippen LogP contribution in [0.15, 0.2) is 109 Å². The van der Waals surface area contributed by atoms with Gasteiger partial charge in [0.15, 0.2) is 12.2 Å². The molecule has 0 aliphatic heterocycles. The molecule has 6 heteroatoms. The average Bonchev–Trinajstić information content (AvgIpc) is 3.05. The first-order chi connectivity index (χ1) is 21.4. The van der Waals surface area contributed by atoms with Crippen molar-refractivity contribution in [1.29, 1.82) is 0 Å². The lowest BCUT2D eigenvalue weighted by atomic mass is 10.1. The van der Waals surface area contributed by atoms with E-state index in [1.54, 1.807) is 0 Å².